The Morgan fingerprint density at radius 3 is 1.94 bits per heavy atom. The lowest BCUT2D eigenvalue weighted by atomic mass is 9.76. The summed E-state index contributed by atoms with van der Waals surface area (Å²) >= 11 is 0. The molecule has 0 bridgehead atoms. The van der Waals surface area contributed by atoms with Gasteiger partial charge in [0.15, 0.2) is 0 Å². The van der Waals surface area contributed by atoms with Crippen LogP contribution in [0.15, 0.2) is 24.3 Å². The highest BCUT2D eigenvalue weighted by atomic mass is 14.3. The van der Waals surface area contributed by atoms with E-state index >= 15 is 0 Å². The van der Waals surface area contributed by atoms with Crippen LogP contribution in [0.4, 0.5) is 0 Å². The number of benzene rings is 1. The third-order valence-corrected chi connectivity index (χ3v) is 3.43. The quantitative estimate of drug-likeness (QED) is 0.586. The summed E-state index contributed by atoms with van der Waals surface area (Å²) < 4.78 is 0. The van der Waals surface area contributed by atoms with Crippen molar-refractivity contribution in [1.82, 2.24) is 0 Å². The first-order chi connectivity index (χ1) is 7.71. The molecular formula is C17H23. The minimum absolute atomic E-state index is 0.211. The number of allylic oxidation sites excluding steroid dienone is 1. The van der Waals surface area contributed by atoms with Crippen LogP contribution in [0.5, 0.6) is 0 Å². The van der Waals surface area contributed by atoms with Gasteiger partial charge < -0.3 is 0 Å². The molecule has 1 aromatic rings. The first kappa shape index (κ1) is 12.4. The van der Waals surface area contributed by atoms with Crippen molar-refractivity contribution in [2.75, 3.05) is 0 Å². The monoisotopic (exact) mass is 227 g/mol. The van der Waals surface area contributed by atoms with E-state index in [0.717, 1.165) is 0 Å². The topological polar surface area (TPSA) is 0 Å². The third-order valence-electron chi connectivity index (χ3n) is 3.43. The van der Waals surface area contributed by atoms with Gasteiger partial charge in [0.25, 0.3) is 0 Å². The SMILES string of the molecule is CC(C)(C)[C]1C=Cc2c1cccc2C(C)(C)C. The minimum Gasteiger partial charge on any atom is -0.0716 e. The van der Waals surface area contributed by atoms with Crippen molar-refractivity contribution in [2.45, 2.75) is 47.0 Å². The molecule has 0 spiro atoms. The van der Waals surface area contributed by atoms with Gasteiger partial charge in [-0.2, -0.15) is 0 Å². The van der Waals surface area contributed by atoms with Gasteiger partial charge in [0, 0.05) is 5.92 Å². The average molecular weight is 227 g/mol. The van der Waals surface area contributed by atoms with E-state index in [1.807, 2.05) is 0 Å². The molecule has 1 aromatic carbocycles. The van der Waals surface area contributed by atoms with Crippen LogP contribution in [0.25, 0.3) is 6.08 Å². The van der Waals surface area contributed by atoms with Crippen molar-refractivity contribution in [3.63, 3.8) is 0 Å². The highest BCUT2D eigenvalue weighted by Gasteiger charge is 2.31. The molecule has 1 aliphatic carbocycles. The Labute approximate surface area is 106 Å². The van der Waals surface area contributed by atoms with E-state index in [2.05, 4.69) is 71.9 Å². The molecule has 0 saturated carbocycles. The zero-order valence-corrected chi connectivity index (χ0v) is 11.9. The molecule has 0 heteroatoms. The van der Waals surface area contributed by atoms with Gasteiger partial charge in [-0.05, 0) is 27.5 Å². The molecule has 17 heavy (non-hydrogen) atoms. The Balaban J connectivity index is 2.55. The van der Waals surface area contributed by atoms with E-state index in [9.17, 15) is 0 Å². The van der Waals surface area contributed by atoms with E-state index in [1.54, 1.807) is 0 Å². The van der Waals surface area contributed by atoms with Crippen LogP contribution >= 0.6 is 0 Å². The summed E-state index contributed by atoms with van der Waals surface area (Å²) in [6.45, 7) is 13.7. The second kappa shape index (κ2) is 3.73. The van der Waals surface area contributed by atoms with Crippen LogP contribution in [0.2, 0.25) is 0 Å². The van der Waals surface area contributed by atoms with Gasteiger partial charge in [-0.25, -0.2) is 0 Å². The van der Waals surface area contributed by atoms with E-state index in [4.69, 9.17) is 0 Å². The summed E-state index contributed by atoms with van der Waals surface area (Å²) in [5.41, 5.74) is 4.72. The molecule has 0 amide bonds. The fraction of sp³-hybridized carbons (Fsp3) is 0.471. The molecule has 0 unspecified atom stereocenters. The number of hydrogen-bond donors (Lipinski definition) is 0. The Kier molecular flexibility index (Phi) is 2.72. The van der Waals surface area contributed by atoms with Gasteiger partial charge in [-0.3, -0.25) is 0 Å². The molecule has 1 aliphatic rings. The van der Waals surface area contributed by atoms with E-state index in [-0.39, 0.29) is 10.8 Å². The van der Waals surface area contributed by atoms with Gasteiger partial charge in [-0.15, -0.1) is 0 Å². The first-order valence-corrected chi connectivity index (χ1v) is 6.40. The molecule has 0 nitrogen and oxygen atoms in total. The Morgan fingerprint density at radius 1 is 0.765 bits per heavy atom. The van der Waals surface area contributed by atoms with Crippen molar-refractivity contribution < 1.29 is 0 Å². The summed E-state index contributed by atoms with van der Waals surface area (Å²) in [6.07, 6.45) is 4.58. The molecular weight excluding hydrogens is 204 g/mol. The van der Waals surface area contributed by atoms with E-state index in [0.29, 0.717) is 0 Å². The highest BCUT2D eigenvalue weighted by molar-refractivity contribution is 5.73. The van der Waals surface area contributed by atoms with Crippen molar-refractivity contribution in [3.8, 4) is 0 Å². The van der Waals surface area contributed by atoms with E-state index in [1.165, 1.54) is 22.6 Å². The molecule has 0 N–H and O–H groups in total. The molecule has 0 aliphatic heterocycles. The Bertz CT molecular complexity index is 450. The number of fused-ring (bicyclic) bond motifs is 1. The number of rotatable bonds is 0. The van der Waals surface area contributed by atoms with Gasteiger partial charge in [0.2, 0.25) is 0 Å². The van der Waals surface area contributed by atoms with Gasteiger partial charge in [0.05, 0.1) is 0 Å². The van der Waals surface area contributed by atoms with Crippen LogP contribution in [0.3, 0.4) is 0 Å². The second-order valence-electron chi connectivity index (χ2n) is 7.01. The zero-order chi connectivity index (χ0) is 12.8. The van der Waals surface area contributed by atoms with Crippen LogP contribution < -0.4 is 0 Å². The lowest BCUT2D eigenvalue weighted by Gasteiger charge is -2.28. The normalized spacial score (nSPS) is 16.4. The first-order valence-electron chi connectivity index (χ1n) is 6.40. The maximum atomic E-state index is 2.29. The van der Waals surface area contributed by atoms with Crippen LogP contribution in [0, 0.1) is 11.3 Å². The van der Waals surface area contributed by atoms with Crippen molar-refractivity contribution in [2.24, 2.45) is 5.41 Å². The molecule has 0 aromatic heterocycles. The molecule has 91 valence electrons. The maximum absolute atomic E-state index is 2.29. The largest absolute Gasteiger partial charge is 0.0716 e. The van der Waals surface area contributed by atoms with Gasteiger partial charge in [0.1, 0.15) is 0 Å². The highest BCUT2D eigenvalue weighted by Crippen LogP contribution is 2.44. The van der Waals surface area contributed by atoms with Crippen LogP contribution in [-0.4, -0.2) is 0 Å². The van der Waals surface area contributed by atoms with Crippen molar-refractivity contribution in [3.05, 3.63) is 46.9 Å². The molecule has 0 atom stereocenters. The Morgan fingerprint density at radius 2 is 1.41 bits per heavy atom. The van der Waals surface area contributed by atoms with Crippen LogP contribution in [-0.2, 0) is 5.41 Å². The Hall–Kier alpha value is -1.04. The predicted molar refractivity (Wildman–Crippen MR) is 76.0 cm³/mol. The summed E-state index contributed by atoms with van der Waals surface area (Å²) in [6, 6.07) is 6.71. The second-order valence-corrected chi connectivity index (χ2v) is 7.01. The lowest BCUT2D eigenvalue weighted by Crippen LogP contribution is -2.18. The van der Waals surface area contributed by atoms with Crippen molar-refractivity contribution >= 4 is 6.08 Å². The van der Waals surface area contributed by atoms with Crippen LogP contribution in [0.1, 0.15) is 58.2 Å². The lowest BCUT2D eigenvalue weighted by molar-refractivity contribution is 0.470. The standard InChI is InChI=1S/C17H23/c1-16(2,3)14-9-7-8-12-13(14)10-11-15(12)17(4,5)6/h7-11H,1-6H3. The van der Waals surface area contributed by atoms with Gasteiger partial charge >= 0.3 is 0 Å². The summed E-state index contributed by atoms with van der Waals surface area (Å²) in [4.78, 5) is 0. The summed E-state index contributed by atoms with van der Waals surface area (Å²) in [5.74, 6) is 1.46. The van der Waals surface area contributed by atoms with Crippen molar-refractivity contribution in [1.29, 1.82) is 0 Å². The fourth-order valence-corrected chi connectivity index (χ4v) is 2.54. The molecule has 1 radical (unpaired) electrons. The van der Waals surface area contributed by atoms with Gasteiger partial charge in [-0.1, -0.05) is 71.9 Å². The maximum Gasteiger partial charge on any atom is 0.0326 e. The smallest absolute Gasteiger partial charge is 0.0326 e. The summed E-state index contributed by atoms with van der Waals surface area (Å²) in [7, 11) is 0. The third kappa shape index (κ3) is 2.18. The number of hydrogen-bond acceptors (Lipinski definition) is 0. The molecule has 0 heterocycles. The molecule has 2 rings (SSSR count). The predicted octanol–water partition coefficient (Wildman–Crippen LogP) is 4.98. The molecule has 0 saturated heterocycles. The fourth-order valence-electron chi connectivity index (χ4n) is 2.54. The van der Waals surface area contributed by atoms with E-state index < -0.39 is 0 Å². The zero-order valence-electron chi connectivity index (χ0n) is 11.9. The average Bonchev–Trinajstić information content (AvgIpc) is 2.57. The molecule has 0 fully saturated rings. The summed E-state index contributed by atoms with van der Waals surface area (Å²) in [5, 5.41) is 0. The minimum atomic E-state index is 0.211.